The summed E-state index contributed by atoms with van der Waals surface area (Å²) in [6.07, 6.45) is 0. The quantitative estimate of drug-likeness (QED) is 0.706. The van der Waals surface area contributed by atoms with Gasteiger partial charge in [0.2, 0.25) is 0 Å². The maximum absolute atomic E-state index is 9.00. The van der Waals surface area contributed by atoms with Crippen molar-refractivity contribution in [2.45, 2.75) is 11.8 Å². The Balaban J connectivity index is 2.85. The second-order valence-corrected chi connectivity index (χ2v) is 4.85. The van der Waals surface area contributed by atoms with Crippen LogP contribution in [0.2, 0.25) is 0 Å². The van der Waals surface area contributed by atoms with Gasteiger partial charge in [0.15, 0.2) is 0 Å². The molecule has 0 radical (unpaired) electrons. The van der Waals surface area contributed by atoms with Crippen molar-refractivity contribution in [2.24, 2.45) is 0 Å². The van der Waals surface area contributed by atoms with E-state index in [9.17, 15) is 0 Å². The molecule has 0 saturated carbocycles. The summed E-state index contributed by atoms with van der Waals surface area (Å²) in [6.45, 7) is 2.09. The number of nitriles is 1. The smallest absolute Gasteiger partial charge is 0.0998 e. The van der Waals surface area contributed by atoms with Crippen molar-refractivity contribution in [3.8, 4) is 6.07 Å². The van der Waals surface area contributed by atoms with Crippen LogP contribution in [0.4, 0.5) is 0 Å². The fourth-order valence-electron chi connectivity index (χ4n) is 1.77. The van der Waals surface area contributed by atoms with E-state index in [1.807, 2.05) is 30.3 Å². The highest BCUT2D eigenvalue weighted by Gasteiger charge is 2.08. The second-order valence-electron chi connectivity index (χ2n) is 3.48. The Morgan fingerprint density at radius 1 is 1.13 bits per heavy atom. The molecule has 0 aromatic heterocycles. The van der Waals surface area contributed by atoms with Gasteiger partial charge in [-0.1, -0.05) is 46.3 Å². The summed E-state index contributed by atoms with van der Waals surface area (Å²) < 4.78 is 0. The topological polar surface area (TPSA) is 23.8 Å². The normalized spacial score (nSPS) is 12.3. The Bertz CT molecular complexity index is 538. The minimum Gasteiger partial charge on any atom is -0.192 e. The highest BCUT2D eigenvalue weighted by atomic mass is 79.9. The first-order valence-corrected chi connectivity index (χ1v) is 5.71. The lowest BCUT2D eigenvalue weighted by Crippen LogP contribution is -1.88. The highest BCUT2D eigenvalue weighted by molar-refractivity contribution is 9.09. The molecule has 2 rings (SSSR count). The van der Waals surface area contributed by atoms with Crippen molar-refractivity contribution in [2.75, 3.05) is 0 Å². The molecule has 1 unspecified atom stereocenters. The number of fused-ring (bicyclic) bond motifs is 1. The summed E-state index contributed by atoms with van der Waals surface area (Å²) in [5.74, 6) is 0. The third-order valence-corrected chi connectivity index (χ3v) is 3.00. The Morgan fingerprint density at radius 2 is 1.80 bits per heavy atom. The van der Waals surface area contributed by atoms with E-state index in [-0.39, 0.29) is 0 Å². The SMILES string of the molecule is CC(Br)c1ccc(C#N)c2ccccc12. The van der Waals surface area contributed by atoms with Gasteiger partial charge in [-0.05, 0) is 29.3 Å². The van der Waals surface area contributed by atoms with Crippen molar-refractivity contribution in [1.29, 1.82) is 5.26 Å². The van der Waals surface area contributed by atoms with Gasteiger partial charge >= 0.3 is 0 Å². The molecule has 0 aliphatic rings. The van der Waals surface area contributed by atoms with Gasteiger partial charge in [0, 0.05) is 4.83 Å². The van der Waals surface area contributed by atoms with Crippen LogP contribution in [0.15, 0.2) is 36.4 Å². The minimum atomic E-state index is 0.301. The minimum absolute atomic E-state index is 0.301. The van der Waals surface area contributed by atoms with Crippen LogP contribution in [0.1, 0.15) is 22.9 Å². The van der Waals surface area contributed by atoms with Gasteiger partial charge in [-0.25, -0.2) is 0 Å². The van der Waals surface area contributed by atoms with Crippen LogP contribution in [0.5, 0.6) is 0 Å². The summed E-state index contributed by atoms with van der Waals surface area (Å²) in [4.78, 5) is 0.301. The molecule has 2 aromatic rings. The molecule has 0 N–H and O–H groups in total. The van der Waals surface area contributed by atoms with E-state index in [1.165, 1.54) is 5.56 Å². The monoisotopic (exact) mass is 259 g/mol. The van der Waals surface area contributed by atoms with Crippen LogP contribution in [0.3, 0.4) is 0 Å². The number of alkyl halides is 1. The van der Waals surface area contributed by atoms with Gasteiger partial charge < -0.3 is 0 Å². The molecule has 0 amide bonds. The van der Waals surface area contributed by atoms with Gasteiger partial charge in [-0.3, -0.25) is 0 Å². The zero-order valence-electron chi connectivity index (χ0n) is 8.37. The molecule has 0 spiro atoms. The van der Waals surface area contributed by atoms with Gasteiger partial charge in [-0.2, -0.15) is 5.26 Å². The summed E-state index contributed by atoms with van der Waals surface area (Å²) in [5.41, 5.74) is 1.96. The predicted octanol–water partition coefficient (Wildman–Crippen LogP) is 4.17. The number of rotatable bonds is 1. The first kappa shape index (κ1) is 10.2. The molecule has 0 fully saturated rings. The van der Waals surface area contributed by atoms with E-state index >= 15 is 0 Å². The largest absolute Gasteiger partial charge is 0.192 e. The maximum Gasteiger partial charge on any atom is 0.0998 e. The highest BCUT2D eigenvalue weighted by Crippen LogP contribution is 2.30. The van der Waals surface area contributed by atoms with E-state index < -0.39 is 0 Å². The fourth-order valence-corrected chi connectivity index (χ4v) is 2.17. The summed E-state index contributed by atoms with van der Waals surface area (Å²) in [5, 5.41) is 11.2. The van der Waals surface area contributed by atoms with Crippen molar-refractivity contribution >= 4 is 26.7 Å². The molecule has 0 bridgehead atoms. The molecule has 0 heterocycles. The summed E-state index contributed by atoms with van der Waals surface area (Å²) in [7, 11) is 0. The van der Waals surface area contributed by atoms with Crippen LogP contribution in [-0.2, 0) is 0 Å². The molecule has 15 heavy (non-hydrogen) atoms. The molecule has 2 heteroatoms. The van der Waals surface area contributed by atoms with Crippen molar-refractivity contribution in [1.82, 2.24) is 0 Å². The Kier molecular flexibility index (Phi) is 2.75. The zero-order valence-corrected chi connectivity index (χ0v) is 9.95. The van der Waals surface area contributed by atoms with Crippen LogP contribution in [0.25, 0.3) is 10.8 Å². The number of benzene rings is 2. The van der Waals surface area contributed by atoms with Crippen LogP contribution in [0, 0.1) is 11.3 Å². The Morgan fingerprint density at radius 3 is 2.40 bits per heavy atom. The first-order valence-electron chi connectivity index (χ1n) is 4.80. The van der Waals surface area contributed by atoms with E-state index in [0.717, 1.165) is 16.3 Å². The van der Waals surface area contributed by atoms with Crippen molar-refractivity contribution in [3.05, 3.63) is 47.5 Å². The standard InChI is InChI=1S/C13H10BrN/c1-9(14)11-7-6-10(8-15)12-4-2-3-5-13(11)12/h2-7,9H,1H3. The first-order chi connectivity index (χ1) is 7.24. The number of nitrogens with zero attached hydrogens (tertiary/aromatic N) is 1. The molecule has 2 aromatic carbocycles. The maximum atomic E-state index is 9.00. The number of hydrogen-bond donors (Lipinski definition) is 0. The van der Waals surface area contributed by atoms with Crippen molar-refractivity contribution in [3.63, 3.8) is 0 Å². The van der Waals surface area contributed by atoms with Gasteiger partial charge in [0.05, 0.1) is 11.6 Å². The van der Waals surface area contributed by atoms with E-state index in [2.05, 4.69) is 35.0 Å². The van der Waals surface area contributed by atoms with Gasteiger partial charge in [0.1, 0.15) is 0 Å². The average molecular weight is 260 g/mol. The van der Waals surface area contributed by atoms with Crippen LogP contribution < -0.4 is 0 Å². The Labute approximate surface area is 97.5 Å². The van der Waals surface area contributed by atoms with Gasteiger partial charge in [-0.15, -0.1) is 0 Å². The molecule has 0 aliphatic carbocycles. The van der Waals surface area contributed by atoms with E-state index in [0.29, 0.717) is 4.83 Å². The lowest BCUT2D eigenvalue weighted by molar-refractivity contribution is 1.14. The Hall–Kier alpha value is -1.33. The molecule has 0 saturated heterocycles. The van der Waals surface area contributed by atoms with E-state index in [4.69, 9.17) is 5.26 Å². The summed E-state index contributed by atoms with van der Waals surface area (Å²) >= 11 is 3.57. The summed E-state index contributed by atoms with van der Waals surface area (Å²) in [6, 6.07) is 14.1. The molecule has 0 aliphatic heterocycles. The fraction of sp³-hybridized carbons (Fsp3) is 0.154. The van der Waals surface area contributed by atoms with Crippen LogP contribution in [-0.4, -0.2) is 0 Å². The second kappa shape index (κ2) is 4.04. The zero-order chi connectivity index (χ0) is 10.8. The third-order valence-electron chi connectivity index (χ3n) is 2.51. The third kappa shape index (κ3) is 1.75. The average Bonchev–Trinajstić information content (AvgIpc) is 2.27. The molecule has 74 valence electrons. The van der Waals surface area contributed by atoms with Crippen LogP contribution >= 0.6 is 15.9 Å². The lowest BCUT2D eigenvalue weighted by atomic mass is 9.99. The van der Waals surface area contributed by atoms with Gasteiger partial charge in [0.25, 0.3) is 0 Å². The molecular formula is C13H10BrN. The van der Waals surface area contributed by atoms with Crippen molar-refractivity contribution < 1.29 is 0 Å². The molecule has 1 nitrogen and oxygen atoms in total. The molecular weight excluding hydrogens is 250 g/mol. The lowest BCUT2D eigenvalue weighted by Gasteiger charge is -2.09. The predicted molar refractivity (Wildman–Crippen MR) is 66.0 cm³/mol. The molecule has 1 atom stereocenters. The van der Waals surface area contributed by atoms with E-state index in [1.54, 1.807) is 0 Å². The number of hydrogen-bond acceptors (Lipinski definition) is 1. The number of halogens is 1.